The molecule has 0 fully saturated rings. The number of aryl methyl sites for hydroxylation is 1. The van der Waals surface area contributed by atoms with Crippen molar-refractivity contribution in [3.8, 4) is 5.75 Å². The highest BCUT2D eigenvalue weighted by molar-refractivity contribution is 9.10. The fourth-order valence-corrected chi connectivity index (χ4v) is 6.01. The second-order valence-electron chi connectivity index (χ2n) is 8.27. The first kappa shape index (κ1) is 26.3. The standard InChI is InChI=1S/C27H27BrN2O4S2/c1-2-33-26(32)23-19-10-6-7-11-22(19)36-25(23)30-27(35)29-24(31)20-16-18(28)12-13-21(20)34-15-14-17-8-4-3-5-9-17/h3-5,8-9,12-13,16H,2,6-7,10-11,14-15H2,1H3,(H2,29,30,31,35). The molecule has 4 rings (SSSR count). The first-order chi connectivity index (χ1) is 17.5. The number of carbonyl (C=O) groups is 2. The summed E-state index contributed by atoms with van der Waals surface area (Å²) in [6, 6.07) is 15.3. The molecule has 0 atom stereocenters. The number of hydrogen-bond donors (Lipinski definition) is 2. The van der Waals surface area contributed by atoms with E-state index in [9.17, 15) is 9.59 Å². The quantitative estimate of drug-likeness (QED) is 0.238. The molecule has 0 bridgehead atoms. The number of amides is 1. The normalized spacial score (nSPS) is 12.4. The summed E-state index contributed by atoms with van der Waals surface area (Å²) in [4.78, 5) is 27.0. The van der Waals surface area contributed by atoms with Crippen molar-refractivity contribution >= 4 is 61.5 Å². The van der Waals surface area contributed by atoms with Crippen LogP contribution in [0.5, 0.6) is 5.75 Å². The first-order valence-corrected chi connectivity index (χ1v) is 13.9. The maximum absolute atomic E-state index is 13.1. The fraction of sp³-hybridized carbons (Fsp3) is 0.296. The average Bonchev–Trinajstić information content (AvgIpc) is 3.23. The van der Waals surface area contributed by atoms with Gasteiger partial charge < -0.3 is 14.8 Å². The number of thiocarbonyl (C=S) groups is 1. The molecule has 1 aliphatic carbocycles. The minimum Gasteiger partial charge on any atom is -0.492 e. The van der Waals surface area contributed by atoms with Gasteiger partial charge in [-0.05, 0) is 74.2 Å². The van der Waals surface area contributed by atoms with Gasteiger partial charge in [0.15, 0.2) is 5.11 Å². The van der Waals surface area contributed by atoms with E-state index in [1.807, 2.05) is 36.4 Å². The molecule has 1 aromatic heterocycles. The summed E-state index contributed by atoms with van der Waals surface area (Å²) in [5, 5.41) is 6.53. The third kappa shape index (κ3) is 6.52. The first-order valence-electron chi connectivity index (χ1n) is 11.9. The molecule has 2 aromatic carbocycles. The number of rotatable bonds is 8. The van der Waals surface area contributed by atoms with Crippen LogP contribution in [0.2, 0.25) is 0 Å². The lowest BCUT2D eigenvalue weighted by Crippen LogP contribution is -2.34. The molecule has 0 aliphatic heterocycles. The van der Waals surface area contributed by atoms with Crippen LogP contribution in [0.25, 0.3) is 0 Å². The third-order valence-electron chi connectivity index (χ3n) is 5.78. The van der Waals surface area contributed by atoms with E-state index in [4.69, 9.17) is 21.7 Å². The van der Waals surface area contributed by atoms with Crippen LogP contribution >= 0.6 is 39.5 Å². The molecule has 1 aliphatic rings. The Labute approximate surface area is 228 Å². The SMILES string of the molecule is CCOC(=O)c1c(NC(=S)NC(=O)c2cc(Br)ccc2OCCc2ccccc2)sc2c1CCCC2. The summed E-state index contributed by atoms with van der Waals surface area (Å²) in [5.74, 6) is -0.301. The third-order valence-corrected chi connectivity index (χ3v) is 7.69. The summed E-state index contributed by atoms with van der Waals surface area (Å²) in [5.41, 5.74) is 3.07. The highest BCUT2D eigenvalue weighted by atomic mass is 79.9. The van der Waals surface area contributed by atoms with Gasteiger partial charge in [0.2, 0.25) is 0 Å². The molecule has 1 heterocycles. The Balaban J connectivity index is 1.46. The number of esters is 1. The van der Waals surface area contributed by atoms with Gasteiger partial charge in [0, 0.05) is 15.8 Å². The number of halogens is 1. The molecular formula is C27H27BrN2O4S2. The Morgan fingerprint density at radius 2 is 1.89 bits per heavy atom. The van der Waals surface area contributed by atoms with Gasteiger partial charge in [-0.2, -0.15) is 0 Å². The Hall–Kier alpha value is -2.75. The van der Waals surface area contributed by atoms with Gasteiger partial charge in [-0.1, -0.05) is 46.3 Å². The molecule has 6 nitrogen and oxygen atoms in total. The number of ether oxygens (including phenoxy) is 2. The number of benzene rings is 2. The molecule has 36 heavy (non-hydrogen) atoms. The lowest BCUT2D eigenvalue weighted by Gasteiger charge is -2.14. The van der Waals surface area contributed by atoms with Gasteiger partial charge >= 0.3 is 5.97 Å². The summed E-state index contributed by atoms with van der Waals surface area (Å²) >= 11 is 10.4. The Morgan fingerprint density at radius 3 is 2.67 bits per heavy atom. The highest BCUT2D eigenvalue weighted by Crippen LogP contribution is 2.38. The fourth-order valence-electron chi connectivity index (χ4n) is 4.11. The summed E-state index contributed by atoms with van der Waals surface area (Å²) in [6.45, 7) is 2.50. The van der Waals surface area contributed by atoms with Crippen molar-refractivity contribution in [1.82, 2.24) is 5.32 Å². The smallest absolute Gasteiger partial charge is 0.341 e. The van der Waals surface area contributed by atoms with Crippen LogP contribution in [0.1, 0.15) is 56.5 Å². The summed E-state index contributed by atoms with van der Waals surface area (Å²) in [6.07, 6.45) is 4.61. The molecule has 2 N–H and O–H groups in total. The number of fused-ring (bicyclic) bond motifs is 1. The maximum Gasteiger partial charge on any atom is 0.341 e. The second kappa shape index (κ2) is 12.5. The van der Waals surface area contributed by atoms with Gasteiger partial charge in [-0.25, -0.2) is 4.79 Å². The van der Waals surface area contributed by atoms with E-state index in [1.54, 1.807) is 19.1 Å². The predicted octanol–water partition coefficient (Wildman–Crippen LogP) is 6.31. The largest absolute Gasteiger partial charge is 0.492 e. The molecule has 188 valence electrons. The Morgan fingerprint density at radius 1 is 1.11 bits per heavy atom. The topological polar surface area (TPSA) is 76.7 Å². The van der Waals surface area contributed by atoms with Crippen molar-refractivity contribution < 1.29 is 19.1 Å². The van der Waals surface area contributed by atoms with Crippen LogP contribution in [-0.4, -0.2) is 30.2 Å². The van der Waals surface area contributed by atoms with E-state index in [1.165, 1.54) is 16.2 Å². The molecule has 1 amide bonds. The lowest BCUT2D eigenvalue weighted by atomic mass is 9.95. The molecular weight excluding hydrogens is 560 g/mol. The maximum atomic E-state index is 13.1. The number of hydrogen-bond acceptors (Lipinski definition) is 6. The van der Waals surface area contributed by atoms with Crippen molar-refractivity contribution in [3.05, 3.63) is 80.1 Å². The van der Waals surface area contributed by atoms with Gasteiger partial charge in [-0.15, -0.1) is 11.3 Å². The number of thiophene rings is 1. The Bertz CT molecular complexity index is 1260. The van der Waals surface area contributed by atoms with Crippen molar-refractivity contribution in [2.24, 2.45) is 0 Å². The lowest BCUT2D eigenvalue weighted by molar-refractivity contribution is 0.0526. The van der Waals surface area contributed by atoms with E-state index < -0.39 is 5.91 Å². The second-order valence-corrected chi connectivity index (χ2v) is 10.7. The number of anilines is 1. The van der Waals surface area contributed by atoms with Crippen LogP contribution in [0.3, 0.4) is 0 Å². The van der Waals surface area contributed by atoms with Crippen LogP contribution in [0.4, 0.5) is 5.00 Å². The Kier molecular flexibility index (Phi) is 9.12. The zero-order valence-electron chi connectivity index (χ0n) is 19.9. The molecule has 3 aromatic rings. The van der Waals surface area contributed by atoms with Gasteiger partial charge in [0.1, 0.15) is 10.8 Å². The summed E-state index contributed by atoms with van der Waals surface area (Å²) in [7, 11) is 0. The number of nitrogens with one attached hydrogen (secondary N) is 2. The summed E-state index contributed by atoms with van der Waals surface area (Å²) < 4.78 is 12.0. The molecule has 0 saturated carbocycles. The van der Waals surface area contributed by atoms with Crippen LogP contribution in [0.15, 0.2) is 53.0 Å². The van der Waals surface area contributed by atoms with E-state index >= 15 is 0 Å². The minimum atomic E-state index is -0.400. The predicted molar refractivity (Wildman–Crippen MR) is 150 cm³/mol. The van der Waals surface area contributed by atoms with E-state index in [-0.39, 0.29) is 11.1 Å². The molecule has 0 spiro atoms. The van der Waals surface area contributed by atoms with E-state index in [2.05, 4.69) is 26.6 Å². The van der Waals surface area contributed by atoms with E-state index in [0.29, 0.717) is 35.1 Å². The molecule has 0 saturated heterocycles. The van der Waals surface area contributed by atoms with Crippen molar-refractivity contribution in [1.29, 1.82) is 0 Å². The van der Waals surface area contributed by atoms with Crippen molar-refractivity contribution in [2.75, 3.05) is 18.5 Å². The highest BCUT2D eigenvalue weighted by Gasteiger charge is 2.27. The van der Waals surface area contributed by atoms with Crippen molar-refractivity contribution in [3.63, 3.8) is 0 Å². The monoisotopic (exact) mass is 586 g/mol. The number of carbonyl (C=O) groups excluding carboxylic acids is 2. The van der Waals surface area contributed by atoms with Crippen LogP contribution in [-0.2, 0) is 24.0 Å². The van der Waals surface area contributed by atoms with Crippen LogP contribution in [0, 0.1) is 0 Å². The zero-order valence-corrected chi connectivity index (χ0v) is 23.1. The van der Waals surface area contributed by atoms with E-state index in [0.717, 1.165) is 47.7 Å². The van der Waals surface area contributed by atoms with Gasteiger partial charge in [-0.3, -0.25) is 10.1 Å². The molecule has 9 heteroatoms. The molecule has 0 radical (unpaired) electrons. The average molecular weight is 588 g/mol. The van der Waals surface area contributed by atoms with Gasteiger partial charge in [0.25, 0.3) is 5.91 Å². The molecule has 0 unspecified atom stereocenters. The van der Waals surface area contributed by atoms with Crippen molar-refractivity contribution in [2.45, 2.75) is 39.0 Å². The zero-order chi connectivity index (χ0) is 25.5. The van der Waals surface area contributed by atoms with Crippen LogP contribution < -0.4 is 15.4 Å². The minimum absolute atomic E-state index is 0.111. The van der Waals surface area contributed by atoms with Gasteiger partial charge in [0.05, 0.1) is 24.3 Å².